The van der Waals surface area contributed by atoms with E-state index in [2.05, 4.69) is 10.2 Å². The molecule has 0 saturated carbocycles. The Balaban J connectivity index is 3.65. The molecule has 0 spiro atoms. The second-order valence-electron chi connectivity index (χ2n) is 4.36. The summed E-state index contributed by atoms with van der Waals surface area (Å²) in [5.41, 5.74) is 5.79. The first kappa shape index (κ1) is 14.4. The predicted octanol–water partition coefficient (Wildman–Crippen LogP) is 0.428. The van der Waals surface area contributed by atoms with Gasteiger partial charge in [-0.3, -0.25) is 4.79 Å². The fourth-order valence-electron chi connectivity index (χ4n) is 1.24. The molecule has 0 aromatic heterocycles. The smallest absolute Gasteiger partial charge is 0.237 e. The van der Waals surface area contributed by atoms with E-state index in [1.165, 1.54) is 0 Å². The molecule has 90 valence electrons. The quantitative estimate of drug-likeness (QED) is 0.605. The fourth-order valence-corrected chi connectivity index (χ4v) is 1.24. The van der Waals surface area contributed by atoms with Crippen molar-refractivity contribution in [2.75, 3.05) is 27.2 Å². The third kappa shape index (κ3) is 6.47. The second-order valence-corrected chi connectivity index (χ2v) is 4.36. The van der Waals surface area contributed by atoms with Crippen LogP contribution < -0.4 is 11.1 Å². The van der Waals surface area contributed by atoms with Crippen molar-refractivity contribution in [2.24, 2.45) is 11.7 Å². The maximum Gasteiger partial charge on any atom is 0.237 e. The summed E-state index contributed by atoms with van der Waals surface area (Å²) in [6.45, 7) is 5.74. The maximum absolute atomic E-state index is 11.5. The van der Waals surface area contributed by atoms with Crippen LogP contribution >= 0.6 is 0 Å². The van der Waals surface area contributed by atoms with Gasteiger partial charge in [-0.2, -0.15) is 0 Å². The van der Waals surface area contributed by atoms with Gasteiger partial charge >= 0.3 is 0 Å². The summed E-state index contributed by atoms with van der Waals surface area (Å²) in [4.78, 5) is 13.6. The normalized spacial score (nSPS) is 15.1. The average Bonchev–Trinajstić information content (AvgIpc) is 2.21. The summed E-state index contributed by atoms with van der Waals surface area (Å²) in [6, 6.07) is -0.366. The van der Waals surface area contributed by atoms with Gasteiger partial charge in [0.25, 0.3) is 0 Å². The van der Waals surface area contributed by atoms with Crippen LogP contribution in [-0.2, 0) is 4.79 Å². The molecule has 0 saturated heterocycles. The number of rotatable bonds is 7. The van der Waals surface area contributed by atoms with Gasteiger partial charge in [0, 0.05) is 6.54 Å². The number of carbonyl (C=O) groups excluding carboxylic acids is 1. The van der Waals surface area contributed by atoms with Crippen LogP contribution in [0, 0.1) is 5.92 Å². The van der Waals surface area contributed by atoms with E-state index in [-0.39, 0.29) is 17.9 Å². The van der Waals surface area contributed by atoms with Crippen molar-refractivity contribution in [1.29, 1.82) is 0 Å². The van der Waals surface area contributed by atoms with E-state index in [9.17, 15) is 4.79 Å². The minimum atomic E-state index is -0.366. The maximum atomic E-state index is 11.5. The average molecular weight is 215 g/mol. The summed E-state index contributed by atoms with van der Waals surface area (Å²) >= 11 is 0. The van der Waals surface area contributed by atoms with Crippen molar-refractivity contribution in [2.45, 2.75) is 32.7 Å². The number of nitrogens with two attached hydrogens (primary N) is 1. The Hall–Kier alpha value is -0.610. The van der Waals surface area contributed by atoms with Crippen LogP contribution in [0.1, 0.15) is 26.7 Å². The lowest BCUT2D eigenvalue weighted by molar-refractivity contribution is -0.123. The van der Waals surface area contributed by atoms with Crippen LogP contribution in [-0.4, -0.2) is 44.0 Å². The van der Waals surface area contributed by atoms with Crippen LogP contribution in [0.2, 0.25) is 0 Å². The summed E-state index contributed by atoms with van der Waals surface area (Å²) in [7, 11) is 4.04. The molecule has 1 unspecified atom stereocenters. The van der Waals surface area contributed by atoms with Gasteiger partial charge in [0.2, 0.25) is 5.91 Å². The lowest BCUT2D eigenvalue weighted by Crippen LogP contribution is -2.45. The Kier molecular flexibility index (Phi) is 7.34. The predicted molar refractivity (Wildman–Crippen MR) is 63.6 cm³/mol. The molecular formula is C11H25N3O. The Labute approximate surface area is 93.2 Å². The number of hydrogen-bond donors (Lipinski definition) is 2. The Morgan fingerprint density at radius 3 is 2.53 bits per heavy atom. The molecular weight excluding hydrogens is 190 g/mol. The zero-order chi connectivity index (χ0) is 11.8. The monoisotopic (exact) mass is 215 g/mol. The molecule has 0 aliphatic rings. The number of nitrogens with one attached hydrogen (secondary N) is 1. The molecule has 0 aromatic carbocycles. The van der Waals surface area contributed by atoms with Gasteiger partial charge in [0.1, 0.15) is 0 Å². The molecule has 0 aliphatic carbocycles. The third-order valence-corrected chi connectivity index (χ3v) is 2.64. The molecule has 3 N–H and O–H groups in total. The molecule has 0 heterocycles. The van der Waals surface area contributed by atoms with Gasteiger partial charge < -0.3 is 16.0 Å². The van der Waals surface area contributed by atoms with E-state index in [0.29, 0.717) is 6.54 Å². The molecule has 4 nitrogen and oxygen atoms in total. The van der Waals surface area contributed by atoms with Crippen molar-refractivity contribution < 1.29 is 4.79 Å². The minimum Gasteiger partial charge on any atom is -0.355 e. The van der Waals surface area contributed by atoms with Crippen LogP contribution in [0.4, 0.5) is 0 Å². The SMILES string of the molecule is CCC(C)[C@H](N)C(=O)NCCCN(C)C. The Bertz CT molecular complexity index is 183. The van der Waals surface area contributed by atoms with E-state index in [4.69, 9.17) is 5.73 Å². The summed E-state index contributed by atoms with van der Waals surface area (Å²) in [6.07, 6.45) is 1.90. The van der Waals surface area contributed by atoms with Crippen LogP contribution in [0.25, 0.3) is 0 Å². The van der Waals surface area contributed by atoms with E-state index in [0.717, 1.165) is 19.4 Å². The highest BCUT2D eigenvalue weighted by Crippen LogP contribution is 2.04. The summed E-state index contributed by atoms with van der Waals surface area (Å²) in [5, 5.41) is 2.86. The standard InChI is InChI=1S/C11H25N3O/c1-5-9(2)10(12)11(15)13-7-6-8-14(3)4/h9-10H,5-8,12H2,1-4H3,(H,13,15)/t9?,10-/m0/s1. The number of nitrogens with zero attached hydrogens (tertiary/aromatic N) is 1. The van der Waals surface area contributed by atoms with Crippen molar-refractivity contribution in [3.05, 3.63) is 0 Å². The highest BCUT2D eigenvalue weighted by Gasteiger charge is 2.18. The van der Waals surface area contributed by atoms with Crippen molar-refractivity contribution in [3.63, 3.8) is 0 Å². The summed E-state index contributed by atoms with van der Waals surface area (Å²) < 4.78 is 0. The first-order valence-electron chi connectivity index (χ1n) is 5.67. The number of carbonyl (C=O) groups is 1. The van der Waals surface area contributed by atoms with Crippen molar-refractivity contribution >= 4 is 5.91 Å². The van der Waals surface area contributed by atoms with Gasteiger partial charge in [-0.25, -0.2) is 0 Å². The minimum absolute atomic E-state index is 0.0249. The van der Waals surface area contributed by atoms with Gasteiger partial charge in [-0.15, -0.1) is 0 Å². The van der Waals surface area contributed by atoms with Crippen molar-refractivity contribution in [1.82, 2.24) is 10.2 Å². The van der Waals surface area contributed by atoms with Crippen LogP contribution in [0.3, 0.4) is 0 Å². The van der Waals surface area contributed by atoms with Crippen molar-refractivity contribution in [3.8, 4) is 0 Å². The molecule has 0 radical (unpaired) electrons. The van der Waals surface area contributed by atoms with E-state index >= 15 is 0 Å². The number of amides is 1. The van der Waals surface area contributed by atoms with Gasteiger partial charge in [0.05, 0.1) is 6.04 Å². The largest absolute Gasteiger partial charge is 0.355 e. The number of hydrogen-bond acceptors (Lipinski definition) is 3. The van der Waals surface area contributed by atoms with E-state index < -0.39 is 0 Å². The zero-order valence-electron chi connectivity index (χ0n) is 10.4. The second kappa shape index (κ2) is 7.65. The highest BCUT2D eigenvalue weighted by molar-refractivity contribution is 5.81. The molecule has 0 bridgehead atoms. The fraction of sp³-hybridized carbons (Fsp3) is 0.909. The lowest BCUT2D eigenvalue weighted by Gasteiger charge is -2.18. The highest BCUT2D eigenvalue weighted by atomic mass is 16.2. The molecule has 2 atom stereocenters. The van der Waals surface area contributed by atoms with Gasteiger partial charge in [-0.1, -0.05) is 20.3 Å². The summed E-state index contributed by atoms with van der Waals surface area (Å²) in [5.74, 6) is 0.224. The van der Waals surface area contributed by atoms with E-state index in [1.54, 1.807) is 0 Å². The molecule has 0 aliphatic heterocycles. The molecule has 0 rings (SSSR count). The topological polar surface area (TPSA) is 58.4 Å². The van der Waals surface area contributed by atoms with Crippen LogP contribution in [0.5, 0.6) is 0 Å². The zero-order valence-corrected chi connectivity index (χ0v) is 10.4. The van der Waals surface area contributed by atoms with Crippen LogP contribution in [0.15, 0.2) is 0 Å². The first-order chi connectivity index (χ1) is 6.99. The molecule has 0 fully saturated rings. The first-order valence-corrected chi connectivity index (χ1v) is 5.67. The van der Waals surface area contributed by atoms with E-state index in [1.807, 2.05) is 27.9 Å². The Morgan fingerprint density at radius 2 is 2.07 bits per heavy atom. The Morgan fingerprint density at radius 1 is 1.47 bits per heavy atom. The molecule has 0 aromatic rings. The van der Waals surface area contributed by atoms with Gasteiger partial charge in [-0.05, 0) is 33.0 Å². The lowest BCUT2D eigenvalue weighted by atomic mass is 9.99. The molecule has 4 heteroatoms. The molecule has 15 heavy (non-hydrogen) atoms. The van der Waals surface area contributed by atoms with Gasteiger partial charge in [0.15, 0.2) is 0 Å². The molecule has 1 amide bonds. The third-order valence-electron chi connectivity index (χ3n) is 2.64.